The fourth-order valence-electron chi connectivity index (χ4n) is 1.85. The van der Waals surface area contributed by atoms with Gasteiger partial charge < -0.3 is 5.11 Å². The molecular weight excluding hydrogens is 283 g/mol. The van der Waals surface area contributed by atoms with Crippen molar-refractivity contribution < 1.29 is 14.3 Å². The molecule has 0 amide bonds. The second-order valence-electron chi connectivity index (χ2n) is 4.45. The Labute approximate surface area is 118 Å². The fourth-order valence-corrected chi connectivity index (χ4v) is 2.57. The van der Waals surface area contributed by atoms with Crippen molar-refractivity contribution in [1.29, 1.82) is 0 Å². The zero-order valence-corrected chi connectivity index (χ0v) is 11.2. The summed E-state index contributed by atoms with van der Waals surface area (Å²) in [5.74, 6) is -0.823. The van der Waals surface area contributed by atoms with Crippen molar-refractivity contribution >= 4 is 17.7 Å². The summed E-state index contributed by atoms with van der Waals surface area (Å²) in [4.78, 5) is 14.7. The Kier molecular flexibility index (Phi) is 3.39. The van der Waals surface area contributed by atoms with Crippen LogP contribution in [0.1, 0.15) is 18.9 Å². The van der Waals surface area contributed by atoms with Gasteiger partial charge in [-0.1, -0.05) is 11.8 Å². The number of halogens is 1. The predicted molar refractivity (Wildman–Crippen MR) is 69.8 cm³/mol. The molecule has 1 aliphatic carbocycles. The van der Waals surface area contributed by atoms with Gasteiger partial charge in [-0.15, -0.1) is 10.2 Å². The smallest absolute Gasteiger partial charge is 0.313 e. The van der Waals surface area contributed by atoms with E-state index in [1.165, 1.54) is 6.07 Å². The van der Waals surface area contributed by atoms with E-state index in [9.17, 15) is 9.18 Å². The molecule has 1 N–H and O–H groups in total. The highest BCUT2D eigenvalue weighted by Gasteiger charge is 2.30. The lowest BCUT2D eigenvalue weighted by Gasteiger charge is -2.07. The van der Waals surface area contributed by atoms with Gasteiger partial charge in [-0.05, 0) is 25.0 Å². The van der Waals surface area contributed by atoms with E-state index >= 15 is 0 Å². The van der Waals surface area contributed by atoms with Crippen LogP contribution in [0.15, 0.2) is 23.5 Å². The van der Waals surface area contributed by atoms with E-state index in [4.69, 9.17) is 5.11 Å². The van der Waals surface area contributed by atoms with Crippen LogP contribution in [0, 0.1) is 5.82 Å². The summed E-state index contributed by atoms with van der Waals surface area (Å²) in [5.41, 5.74) is 0.535. The zero-order valence-electron chi connectivity index (χ0n) is 10.4. The Morgan fingerprint density at radius 1 is 1.45 bits per heavy atom. The lowest BCUT2D eigenvalue weighted by molar-refractivity contribution is -0.133. The van der Waals surface area contributed by atoms with E-state index in [-0.39, 0.29) is 11.8 Å². The van der Waals surface area contributed by atoms with Crippen LogP contribution < -0.4 is 0 Å². The van der Waals surface area contributed by atoms with Crippen molar-refractivity contribution in [3.8, 4) is 11.5 Å². The summed E-state index contributed by atoms with van der Waals surface area (Å²) < 4.78 is 14.8. The maximum absolute atomic E-state index is 12.9. The van der Waals surface area contributed by atoms with Crippen molar-refractivity contribution in [1.82, 2.24) is 19.7 Å². The van der Waals surface area contributed by atoms with Gasteiger partial charge in [0.25, 0.3) is 0 Å². The van der Waals surface area contributed by atoms with Crippen LogP contribution in [0.25, 0.3) is 11.5 Å². The third-order valence-electron chi connectivity index (χ3n) is 2.86. The molecular formula is C12H11FN4O2S. The fraction of sp³-hybridized carbons (Fsp3) is 0.333. The summed E-state index contributed by atoms with van der Waals surface area (Å²) in [5, 5.41) is 17.4. The first-order chi connectivity index (χ1) is 9.65. The number of nitrogens with zero attached hydrogens (tertiary/aromatic N) is 4. The molecule has 104 valence electrons. The second-order valence-corrected chi connectivity index (χ2v) is 5.39. The van der Waals surface area contributed by atoms with Gasteiger partial charge in [0.2, 0.25) is 0 Å². The normalized spacial score (nSPS) is 14.4. The Morgan fingerprint density at radius 2 is 2.25 bits per heavy atom. The molecule has 0 atom stereocenters. The summed E-state index contributed by atoms with van der Waals surface area (Å²) in [6.07, 6.45) is 3.14. The monoisotopic (exact) mass is 294 g/mol. The molecule has 20 heavy (non-hydrogen) atoms. The largest absolute Gasteiger partial charge is 0.481 e. The molecule has 2 heterocycles. The number of rotatable bonds is 5. The number of carbonyl (C=O) groups is 1. The molecule has 0 saturated heterocycles. The van der Waals surface area contributed by atoms with E-state index in [2.05, 4.69) is 15.2 Å². The Morgan fingerprint density at radius 3 is 2.85 bits per heavy atom. The topological polar surface area (TPSA) is 80.9 Å². The minimum Gasteiger partial charge on any atom is -0.481 e. The summed E-state index contributed by atoms with van der Waals surface area (Å²) >= 11 is 1.13. The number of hydrogen-bond acceptors (Lipinski definition) is 5. The number of thioether (sulfide) groups is 1. The Balaban J connectivity index is 1.94. The summed E-state index contributed by atoms with van der Waals surface area (Å²) in [7, 11) is 0. The average molecular weight is 294 g/mol. The highest BCUT2D eigenvalue weighted by molar-refractivity contribution is 7.99. The van der Waals surface area contributed by atoms with Crippen LogP contribution in [0.3, 0.4) is 0 Å². The van der Waals surface area contributed by atoms with Crippen LogP contribution in [0.5, 0.6) is 0 Å². The van der Waals surface area contributed by atoms with Crippen molar-refractivity contribution in [2.45, 2.75) is 24.0 Å². The van der Waals surface area contributed by atoms with Gasteiger partial charge in [0.1, 0.15) is 11.5 Å². The van der Waals surface area contributed by atoms with Crippen molar-refractivity contribution in [2.24, 2.45) is 0 Å². The van der Waals surface area contributed by atoms with Crippen molar-refractivity contribution in [2.75, 3.05) is 5.75 Å². The Bertz CT molecular complexity index is 639. The third kappa shape index (κ3) is 2.64. The lowest BCUT2D eigenvalue weighted by atomic mass is 10.3. The molecule has 0 aromatic carbocycles. The number of aliphatic carboxylic acids is 1. The van der Waals surface area contributed by atoms with Gasteiger partial charge in [0.15, 0.2) is 11.0 Å². The van der Waals surface area contributed by atoms with E-state index in [0.717, 1.165) is 30.8 Å². The van der Waals surface area contributed by atoms with Gasteiger partial charge in [0, 0.05) is 6.04 Å². The minimum atomic E-state index is -0.901. The molecule has 0 spiro atoms. The van der Waals surface area contributed by atoms with E-state index in [0.29, 0.717) is 16.7 Å². The van der Waals surface area contributed by atoms with Crippen LogP contribution >= 0.6 is 11.8 Å². The molecule has 1 saturated carbocycles. The second kappa shape index (κ2) is 5.20. The first-order valence-electron chi connectivity index (χ1n) is 6.06. The van der Waals surface area contributed by atoms with Crippen LogP contribution in [-0.4, -0.2) is 36.6 Å². The predicted octanol–water partition coefficient (Wildman–Crippen LogP) is 1.99. The first-order valence-corrected chi connectivity index (χ1v) is 7.05. The van der Waals surface area contributed by atoms with Gasteiger partial charge in [-0.2, -0.15) is 0 Å². The van der Waals surface area contributed by atoms with Gasteiger partial charge in [-0.3, -0.25) is 9.36 Å². The molecule has 1 aliphatic rings. The highest BCUT2D eigenvalue weighted by Crippen LogP contribution is 2.40. The molecule has 0 aliphatic heterocycles. The molecule has 0 unspecified atom stereocenters. The standard InChI is InChI=1S/C12H11FN4O2S/c13-7-1-4-9(14-5-7)11-15-16-12(20-6-10(18)19)17(11)8-2-3-8/h1,4-5,8H,2-3,6H2,(H,18,19). The number of pyridine rings is 1. The molecule has 2 aromatic heterocycles. The Hall–Kier alpha value is -1.96. The van der Waals surface area contributed by atoms with E-state index in [1.807, 2.05) is 4.57 Å². The number of carboxylic acids is 1. The van der Waals surface area contributed by atoms with Crippen molar-refractivity contribution in [3.05, 3.63) is 24.1 Å². The molecule has 2 aromatic rings. The van der Waals surface area contributed by atoms with Gasteiger partial charge in [-0.25, -0.2) is 9.37 Å². The molecule has 8 heteroatoms. The maximum atomic E-state index is 12.9. The van der Waals surface area contributed by atoms with E-state index < -0.39 is 11.8 Å². The minimum absolute atomic E-state index is 0.0678. The van der Waals surface area contributed by atoms with Crippen LogP contribution in [0.2, 0.25) is 0 Å². The molecule has 3 rings (SSSR count). The first kappa shape index (κ1) is 13.0. The number of aromatic nitrogens is 4. The number of carboxylic acid groups (broad SMARTS) is 1. The number of hydrogen-bond donors (Lipinski definition) is 1. The quantitative estimate of drug-likeness (QED) is 0.849. The SMILES string of the molecule is O=C(O)CSc1nnc(-c2ccc(F)cn2)n1C1CC1. The molecule has 6 nitrogen and oxygen atoms in total. The third-order valence-corrected chi connectivity index (χ3v) is 3.79. The average Bonchev–Trinajstić information content (AvgIpc) is 3.17. The van der Waals surface area contributed by atoms with Crippen molar-refractivity contribution in [3.63, 3.8) is 0 Å². The molecule has 0 bridgehead atoms. The summed E-state index contributed by atoms with van der Waals surface area (Å²) in [6, 6.07) is 3.14. The van der Waals surface area contributed by atoms with Crippen LogP contribution in [-0.2, 0) is 4.79 Å². The maximum Gasteiger partial charge on any atom is 0.313 e. The van der Waals surface area contributed by atoms with Gasteiger partial charge >= 0.3 is 5.97 Å². The van der Waals surface area contributed by atoms with Crippen LogP contribution in [0.4, 0.5) is 4.39 Å². The highest BCUT2D eigenvalue weighted by atomic mass is 32.2. The zero-order chi connectivity index (χ0) is 14.1. The lowest BCUT2D eigenvalue weighted by Crippen LogP contribution is -2.03. The molecule has 0 radical (unpaired) electrons. The summed E-state index contributed by atoms with van der Waals surface area (Å²) in [6.45, 7) is 0. The van der Waals surface area contributed by atoms with Gasteiger partial charge in [0.05, 0.1) is 11.9 Å². The van der Waals surface area contributed by atoms with E-state index in [1.54, 1.807) is 6.07 Å². The molecule has 1 fully saturated rings.